The van der Waals surface area contributed by atoms with E-state index < -0.39 is 0 Å². The number of rotatable bonds is 3. The molecule has 2 nitrogen and oxygen atoms in total. The van der Waals surface area contributed by atoms with Crippen molar-refractivity contribution in [3.8, 4) is 0 Å². The fourth-order valence-corrected chi connectivity index (χ4v) is 2.34. The number of halogens is 2. The van der Waals surface area contributed by atoms with Gasteiger partial charge in [0, 0.05) is 23.6 Å². The molecular formula is C15H12ClFN2. The summed E-state index contributed by atoms with van der Waals surface area (Å²) in [5, 5.41) is 4.78. The highest BCUT2D eigenvalue weighted by molar-refractivity contribution is 6.33. The first-order chi connectivity index (χ1) is 9.24. The monoisotopic (exact) mass is 274 g/mol. The highest BCUT2D eigenvalue weighted by Gasteiger charge is 2.05. The summed E-state index contributed by atoms with van der Waals surface area (Å²) in [5.41, 5.74) is 2.98. The molecule has 2 aromatic carbocycles. The quantitative estimate of drug-likeness (QED) is 0.719. The molecule has 4 heteroatoms. The number of fused-ring (bicyclic) bond motifs is 1. The molecule has 0 aliphatic rings. The number of H-pyrrole nitrogens is 1. The summed E-state index contributed by atoms with van der Waals surface area (Å²) >= 11 is 5.98. The van der Waals surface area contributed by atoms with Crippen molar-refractivity contribution in [1.82, 2.24) is 4.98 Å². The van der Waals surface area contributed by atoms with Crippen LogP contribution in [0.4, 0.5) is 10.1 Å². The van der Waals surface area contributed by atoms with Crippen LogP contribution >= 0.6 is 11.6 Å². The molecular weight excluding hydrogens is 263 g/mol. The Morgan fingerprint density at radius 2 is 2.00 bits per heavy atom. The molecule has 0 bridgehead atoms. The zero-order valence-corrected chi connectivity index (χ0v) is 10.8. The van der Waals surface area contributed by atoms with Crippen LogP contribution in [0.2, 0.25) is 5.02 Å². The van der Waals surface area contributed by atoms with Crippen LogP contribution in [0, 0.1) is 5.82 Å². The fraction of sp³-hybridized carbons (Fsp3) is 0.0667. The van der Waals surface area contributed by atoms with Gasteiger partial charge in [-0.3, -0.25) is 0 Å². The number of para-hydroxylation sites is 1. The van der Waals surface area contributed by atoms with Gasteiger partial charge in [-0.2, -0.15) is 0 Å². The average Bonchev–Trinajstić information content (AvgIpc) is 2.81. The first-order valence-corrected chi connectivity index (χ1v) is 6.36. The molecule has 0 saturated heterocycles. The van der Waals surface area contributed by atoms with E-state index in [1.165, 1.54) is 17.5 Å². The summed E-state index contributed by atoms with van der Waals surface area (Å²) in [4.78, 5) is 3.22. The second-order valence-electron chi connectivity index (χ2n) is 4.34. The van der Waals surface area contributed by atoms with Crippen LogP contribution in [-0.2, 0) is 6.54 Å². The van der Waals surface area contributed by atoms with Gasteiger partial charge in [0.25, 0.3) is 0 Å². The van der Waals surface area contributed by atoms with Gasteiger partial charge in [0.15, 0.2) is 0 Å². The molecule has 0 aliphatic carbocycles. The second kappa shape index (κ2) is 4.94. The number of benzene rings is 2. The zero-order valence-electron chi connectivity index (χ0n) is 10.1. The average molecular weight is 275 g/mol. The molecule has 1 aromatic heterocycles. The summed E-state index contributed by atoms with van der Waals surface area (Å²) in [7, 11) is 0. The lowest BCUT2D eigenvalue weighted by Crippen LogP contribution is -1.99. The van der Waals surface area contributed by atoms with Gasteiger partial charge in [-0.05, 0) is 29.8 Å². The van der Waals surface area contributed by atoms with Crippen molar-refractivity contribution in [1.29, 1.82) is 0 Å². The molecule has 0 atom stereocenters. The number of hydrogen-bond donors (Lipinski definition) is 2. The number of hydrogen-bond acceptors (Lipinski definition) is 1. The molecule has 3 aromatic rings. The van der Waals surface area contributed by atoms with Crippen molar-refractivity contribution in [2.24, 2.45) is 0 Å². The van der Waals surface area contributed by atoms with Crippen molar-refractivity contribution in [3.63, 3.8) is 0 Å². The molecule has 96 valence electrons. The van der Waals surface area contributed by atoms with Crippen LogP contribution in [-0.4, -0.2) is 4.98 Å². The minimum atomic E-state index is -0.331. The Hall–Kier alpha value is -2.00. The molecule has 0 saturated carbocycles. The standard InChI is InChI=1S/C15H12ClFN2/c16-13-7-11(17)5-6-15(13)19-9-10-8-18-14-4-2-1-3-12(10)14/h1-8,18-19H,9H2. The Kier molecular flexibility index (Phi) is 3.13. The van der Waals surface area contributed by atoms with Gasteiger partial charge < -0.3 is 10.3 Å². The topological polar surface area (TPSA) is 27.8 Å². The van der Waals surface area contributed by atoms with Crippen LogP contribution in [0.15, 0.2) is 48.7 Å². The van der Waals surface area contributed by atoms with Gasteiger partial charge in [-0.25, -0.2) is 4.39 Å². The number of anilines is 1. The van der Waals surface area contributed by atoms with Crippen LogP contribution in [0.1, 0.15) is 5.56 Å². The molecule has 0 unspecified atom stereocenters. The Bertz CT molecular complexity index is 721. The Morgan fingerprint density at radius 1 is 1.16 bits per heavy atom. The lowest BCUT2D eigenvalue weighted by Gasteiger charge is -2.07. The van der Waals surface area contributed by atoms with Gasteiger partial charge in [-0.15, -0.1) is 0 Å². The summed E-state index contributed by atoms with van der Waals surface area (Å²) in [6, 6.07) is 12.4. The molecule has 1 heterocycles. The largest absolute Gasteiger partial charge is 0.380 e. The highest BCUT2D eigenvalue weighted by Crippen LogP contribution is 2.24. The zero-order chi connectivity index (χ0) is 13.2. The van der Waals surface area contributed by atoms with Crippen molar-refractivity contribution in [3.05, 3.63) is 65.1 Å². The van der Waals surface area contributed by atoms with Gasteiger partial charge in [0.1, 0.15) is 5.82 Å². The summed E-state index contributed by atoms with van der Waals surface area (Å²) in [5.74, 6) is -0.331. The predicted octanol–water partition coefficient (Wildman–Crippen LogP) is 4.57. The van der Waals surface area contributed by atoms with E-state index >= 15 is 0 Å². The van der Waals surface area contributed by atoms with E-state index in [0.717, 1.165) is 16.8 Å². The van der Waals surface area contributed by atoms with Crippen molar-refractivity contribution in [2.75, 3.05) is 5.32 Å². The van der Waals surface area contributed by atoms with E-state index in [1.807, 2.05) is 24.4 Å². The van der Waals surface area contributed by atoms with Crippen LogP contribution in [0.3, 0.4) is 0 Å². The van der Waals surface area contributed by atoms with E-state index in [0.29, 0.717) is 11.6 Å². The van der Waals surface area contributed by atoms with E-state index in [-0.39, 0.29) is 5.82 Å². The van der Waals surface area contributed by atoms with Gasteiger partial charge in [0.05, 0.1) is 10.7 Å². The summed E-state index contributed by atoms with van der Waals surface area (Å²) in [6.07, 6.45) is 1.97. The molecule has 0 fully saturated rings. The first-order valence-electron chi connectivity index (χ1n) is 5.98. The van der Waals surface area contributed by atoms with E-state index in [2.05, 4.69) is 16.4 Å². The summed E-state index contributed by atoms with van der Waals surface area (Å²) in [6.45, 7) is 0.634. The number of aromatic nitrogens is 1. The summed E-state index contributed by atoms with van der Waals surface area (Å²) < 4.78 is 13.0. The van der Waals surface area contributed by atoms with Gasteiger partial charge in [-0.1, -0.05) is 29.8 Å². The predicted molar refractivity (Wildman–Crippen MR) is 77.0 cm³/mol. The fourth-order valence-electron chi connectivity index (χ4n) is 2.10. The molecule has 0 amide bonds. The van der Waals surface area contributed by atoms with Gasteiger partial charge in [0.2, 0.25) is 0 Å². The maximum absolute atomic E-state index is 13.0. The lowest BCUT2D eigenvalue weighted by atomic mass is 10.2. The van der Waals surface area contributed by atoms with Crippen LogP contribution in [0.5, 0.6) is 0 Å². The third-order valence-corrected chi connectivity index (χ3v) is 3.39. The van der Waals surface area contributed by atoms with Crippen molar-refractivity contribution < 1.29 is 4.39 Å². The molecule has 0 radical (unpaired) electrons. The van der Waals surface area contributed by atoms with E-state index in [4.69, 9.17) is 11.6 Å². The molecule has 2 N–H and O–H groups in total. The SMILES string of the molecule is Fc1ccc(NCc2c[nH]c3ccccc23)c(Cl)c1. The van der Waals surface area contributed by atoms with Crippen LogP contribution < -0.4 is 5.32 Å². The third kappa shape index (κ3) is 2.42. The number of nitrogens with one attached hydrogen (secondary N) is 2. The Labute approximate surface area is 115 Å². The Balaban J connectivity index is 1.82. The van der Waals surface area contributed by atoms with E-state index in [9.17, 15) is 4.39 Å². The molecule has 3 rings (SSSR count). The normalized spacial score (nSPS) is 10.8. The third-order valence-electron chi connectivity index (χ3n) is 3.08. The second-order valence-corrected chi connectivity index (χ2v) is 4.74. The maximum Gasteiger partial charge on any atom is 0.124 e. The lowest BCUT2D eigenvalue weighted by molar-refractivity contribution is 0.628. The number of aromatic amines is 1. The molecule has 19 heavy (non-hydrogen) atoms. The molecule has 0 aliphatic heterocycles. The maximum atomic E-state index is 13.0. The van der Waals surface area contributed by atoms with Crippen LogP contribution in [0.25, 0.3) is 10.9 Å². The highest BCUT2D eigenvalue weighted by atomic mass is 35.5. The smallest absolute Gasteiger partial charge is 0.124 e. The van der Waals surface area contributed by atoms with Crippen molar-refractivity contribution in [2.45, 2.75) is 6.54 Å². The molecule has 0 spiro atoms. The minimum Gasteiger partial charge on any atom is -0.380 e. The van der Waals surface area contributed by atoms with Crippen molar-refractivity contribution >= 4 is 28.2 Å². The minimum absolute atomic E-state index is 0.331. The Morgan fingerprint density at radius 3 is 2.84 bits per heavy atom. The van der Waals surface area contributed by atoms with E-state index in [1.54, 1.807) is 6.07 Å². The van der Waals surface area contributed by atoms with Gasteiger partial charge >= 0.3 is 0 Å². The first kappa shape index (κ1) is 12.1.